The Morgan fingerprint density at radius 3 is 1.88 bits per heavy atom. The van der Waals surface area contributed by atoms with Crippen molar-refractivity contribution in [2.75, 3.05) is 0 Å². The zero-order chi connectivity index (χ0) is 16.4. The lowest BCUT2D eigenvalue weighted by Gasteiger charge is -2.41. The summed E-state index contributed by atoms with van der Waals surface area (Å²) >= 11 is 0. The Balaban J connectivity index is 1.54. The van der Waals surface area contributed by atoms with Crippen LogP contribution in [0.5, 0.6) is 0 Å². The summed E-state index contributed by atoms with van der Waals surface area (Å²) in [6, 6.07) is 5.01. The number of hydrogen-bond donors (Lipinski definition) is 0. The topological polar surface area (TPSA) is 33.2 Å². The Morgan fingerprint density at radius 1 is 0.833 bits per heavy atom. The molecule has 3 aliphatic rings. The van der Waals surface area contributed by atoms with Crippen LogP contribution < -0.4 is 0 Å². The molecule has 3 aliphatic carbocycles. The molecule has 1 heterocycles. The first kappa shape index (κ1) is 16.1. The standard InChI is InChI=1S/C21H30N2O/c24-21(20-14-13-17(15-22-20)16-11-12-16)23(18-7-3-1-4-8-18)19-9-5-2-6-10-19/h13-16,18-19H,1-12H2. The Hall–Kier alpha value is -1.38. The molecule has 1 amide bonds. The predicted molar refractivity (Wildman–Crippen MR) is 96.1 cm³/mol. The summed E-state index contributed by atoms with van der Waals surface area (Å²) in [7, 11) is 0. The van der Waals surface area contributed by atoms with Gasteiger partial charge in [-0.25, -0.2) is 0 Å². The molecule has 4 rings (SSSR count). The monoisotopic (exact) mass is 326 g/mol. The van der Waals surface area contributed by atoms with Gasteiger partial charge >= 0.3 is 0 Å². The summed E-state index contributed by atoms with van der Waals surface area (Å²) in [5, 5.41) is 0. The van der Waals surface area contributed by atoms with Gasteiger partial charge in [0.15, 0.2) is 0 Å². The Bertz CT molecular complexity index is 534. The minimum atomic E-state index is 0.191. The summed E-state index contributed by atoms with van der Waals surface area (Å²) in [5.41, 5.74) is 1.98. The van der Waals surface area contributed by atoms with Gasteiger partial charge in [-0.2, -0.15) is 0 Å². The zero-order valence-corrected chi connectivity index (χ0v) is 14.8. The van der Waals surface area contributed by atoms with Crippen molar-refractivity contribution in [3.05, 3.63) is 29.6 Å². The van der Waals surface area contributed by atoms with E-state index in [4.69, 9.17) is 0 Å². The molecule has 3 heteroatoms. The van der Waals surface area contributed by atoms with Crippen LogP contribution in [0, 0.1) is 0 Å². The minimum absolute atomic E-state index is 0.191. The van der Waals surface area contributed by atoms with E-state index < -0.39 is 0 Å². The van der Waals surface area contributed by atoms with E-state index in [0.29, 0.717) is 23.7 Å². The van der Waals surface area contributed by atoms with Crippen molar-refractivity contribution in [3.8, 4) is 0 Å². The van der Waals surface area contributed by atoms with Crippen LogP contribution in [0.4, 0.5) is 0 Å². The van der Waals surface area contributed by atoms with Gasteiger partial charge in [-0.05, 0) is 56.1 Å². The van der Waals surface area contributed by atoms with E-state index in [1.807, 2.05) is 12.3 Å². The average Bonchev–Trinajstić information content (AvgIpc) is 3.49. The summed E-state index contributed by atoms with van der Waals surface area (Å²) in [6.07, 6.45) is 17.0. The second-order valence-corrected chi connectivity index (χ2v) is 8.05. The van der Waals surface area contributed by atoms with Crippen molar-refractivity contribution < 1.29 is 4.79 Å². The molecule has 0 atom stereocenters. The van der Waals surface area contributed by atoms with Gasteiger partial charge < -0.3 is 4.90 Å². The molecule has 3 fully saturated rings. The highest BCUT2D eigenvalue weighted by atomic mass is 16.2. The lowest BCUT2D eigenvalue weighted by atomic mass is 9.88. The number of hydrogen-bond acceptors (Lipinski definition) is 2. The molecule has 0 aromatic carbocycles. The molecule has 0 spiro atoms. The van der Waals surface area contributed by atoms with Crippen molar-refractivity contribution in [1.82, 2.24) is 9.88 Å². The highest BCUT2D eigenvalue weighted by molar-refractivity contribution is 5.92. The second-order valence-electron chi connectivity index (χ2n) is 8.05. The predicted octanol–water partition coefficient (Wildman–Crippen LogP) is 5.07. The third-order valence-corrected chi connectivity index (χ3v) is 6.22. The molecule has 1 aromatic rings. The van der Waals surface area contributed by atoms with Crippen molar-refractivity contribution in [2.24, 2.45) is 0 Å². The summed E-state index contributed by atoms with van der Waals surface area (Å²) < 4.78 is 0. The maximum atomic E-state index is 13.3. The van der Waals surface area contributed by atoms with Crippen molar-refractivity contribution >= 4 is 5.91 Å². The van der Waals surface area contributed by atoms with Crippen LogP contribution in [0.25, 0.3) is 0 Å². The van der Waals surface area contributed by atoms with E-state index in [-0.39, 0.29) is 5.91 Å². The van der Waals surface area contributed by atoms with Gasteiger partial charge in [0.2, 0.25) is 0 Å². The van der Waals surface area contributed by atoms with E-state index in [9.17, 15) is 4.79 Å². The molecule has 24 heavy (non-hydrogen) atoms. The fraction of sp³-hybridized carbons (Fsp3) is 0.714. The minimum Gasteiger partial charge on any atom is -0.331 e. The third-order valence-electron chi connectivity index (χ3n) is 6.22. The number of rotatable bonds is 4. The molecule has 1 aromatic heterocycles. The van der Waals surface area contributed by atoms with Crippen LogP contribution in [-0.4, -0.2) is 27.9 Å². The first-order valence-corrected chi connectivity index (χ1v) is 10.1. The molecule has 0 radical (unpaired) electrons. The van der Waals surface area contributed by atoms with Gasteiger partial charge in [0.05, 0.1) is 0 Å². The fourth-order valence-electron chi connectivity index (χ4n) is 4.67. The molecule has 0 N–H and O–H groups in total. The second kappa shape index (κ2) is 7.25. The first-order valence-electron chi connectivity index (χ1n) is 10.1. The van der Waals surface area contributed by atoms with Crippen LogP contribution in [0.15, 0.2) is 18.3 Å². The van der Waals surface area contributed by atoms with E-state index in [0.717, 1.165) is 0 Å². The van der Waals surface area contributed by atoms with E-state index in [1.165, 1.54) is 82.6 Å². The number of amides is 1. The van der Waals surface area contributed by atoms with Crippen LogP contribution in [-0.2, 0) is 0 Å². The number of aromatic nitrogens is 1. The molecule has 0 unspecified atom stereocenters. The maximum Gasteiger partial charge on any atom is 0.272 e. The van der Waals surface area contributed by atoms with Crippen LogP contribution in [0.2, 0.25) is 0 Å². The number of carbonyl (C=O) groups is 1. The van der Waals surface area contributed by atoms with Crippen molar-refractivity contribution in [1.29, 1.82) is 0 Å². The molecular formula is C21H30N2O. The van der Waals surface area contributed by atoms with Gasteiger partial charge in [0.25, 0.3) is 5.91 Å². The van der Waals surface area contributed by atoms with E-state index >= 15 is 0 Å². The summed E-state index contributed by atoms with van der Waals surface area (Å²) in [6.45, 7) is 0. The highest BCUT2D eigenvalue weighted by Gasteiger charge is 2.33. The number of nitrogens with zero attached hydrogens (tertiary/aromatic N) is 2. The Morgan fingerprint density at radius 2 is 1.42 bits per heavy atom. The van der Waals surface area contributed by atoms with Crippen LogP contribution in [0.1, 0.15) is 99.0 Å². The quantitative estimate of drug-likeness (QED) is 0.774. The van der Waals surface area contributed by atoms with Gasteiger partial charge in [-0.3, -0.25) is 9.78 Å². The largest absolute Gasteiger partial charge is 0.331 e. The highest BCUT2D eigenvalue weighted by Crippen LogP contribution is 2.39. The van der Waals surface area contributed by atoms with Gasteiger partial charge in [0, 0.05) is 18.3 Å². The van der Waals surface area contributed by atoms with Gasteiger partial charge in [-0.1, -0.05) is 44.6 Å². The van der Waals surface area contributed by atoms with E-state index in [1.54, 1.807) is 0 Å². The zero-order valence-electron chi connectivity index (χ0n) is 14.8. The number of carbonyl (C=O) groups excluding carboxylic acids is 1. The molecule has 130 valence electrons. The number of pyridine rings is 1. The van der Waals surface area contributed by atoms with Gasteiger partial charge in [0.1, 0.15) is 5.69 Å². The summed E-state index contributed by atoms with van der Waals surface area (Å²) in [4.78, 5) is 20.1. The van der Waals surface area contributed by atoms with E-state index in [2.05, 4.69) is 16.0 Å². The smallest absolute Gasteiger partial charge is 0.272 e. The van der Waals surface area contributed by atoms with Crippen molar-refractivity contribution in [2.45, 2.75) is 95.1 Å². The average molecular weight is 326 g/mol. The Kier molecular flexibility index (Phi) is 4.86. The Labute approximate surface area is 145 Å². The van der Waals surface area contributed by atoms with Crippen molar-refractivity contribution in [3.63, 3.8) is 0 Å². The molecule has 3 nitrogen and oxygen atoms in total. The third kappa shape index (κ3) is 3.50. The molecular weight excluding hydrogens is 296 g/mol. The van der Waals surface area contributed by atoms with Gasteiger partial charge in [-0.15, -0.1) is 0 Å². The lowest BCUT2D eigenvalue weighted by molar-refractivity contribution is 0.0442. The molecule has 0 saturated heterocycles. The fourth-order valence-corrected chi connectivity index (χ4v) is 4.67. The summed E-state index contributed by atoms with van der Waals surface area (Å²) in [5.74, 6) is 0.894. The molecule has 0 bridgehead atoms. The normalized spacial score (nSPS) is 23.2. The molecule has 3 saturated carbocycles. The maximum absolute atomic E-state index is 13.3. The van der Waals surface area contributed by atoms with Crippen LogP contribution in [0.3, 0.4) is 0 Å². The van der Waals surface area contributed by atoms with Crippen LogP contribution >= 0.6 is 0 Å². The lowest BCUT2D eigenvalue weighted by Crippen LogP contribution is -2.49. The first-order chi connectivity index (χ1) is 11.8. The SMILES string of the molecule is O=C(c1ccc(C2CC2)cn1)N(C1CCCCC1)C1CCCCC1. The molecule has 0 aliphatic heterocycles.